The van der Waals surface area contributed by atoms with E-state index in [2.05, 4.69) is 29.6 Å². The zero-order valence-corrected chi connectivity index (χ0v) is 18.4. The monoisotopic (exact) mass is 452 g/mol. The van der Waals surface area contributed by atoms with Gasteiger partial charge < -0.3 is 25.2 Å². The molecule has 1 unspecified atom stereocenters. The topological polar surface area (TPSA) is 116 Å². The Balaban J connectivity index is 1.27. The van der Waals surface area contributed by atoms with E-state index in [0.717, 1.165) is 22.3 Å². The van der Waals surface area contributed by atoms with Gasteiger partial charge in [-0.25, -0.2) is 9.59 Å². The number of rotatable bonds is 7. The van der Waals surface area contributed by atoms with Gasteiger partial charge in [0.15, 0.2) is 0 Å². The largest absolute Gasteiger partial charge is 0.480 e. The Bertz CT molecular complexity index is 1010. The summed E-state index contributed by atoms with van der Waals surface area (Å²) in [4.78, 5) is 37.3. The minimum Gasteiger partial charge on any atom is -0.480 e. The van der Waals surface area contributed by atoms with Crippen molar-refractivity contribution in [3.63, 3.8) is 0 Å². The number of alkyl carbamates (subject to hydrolysis) is 1. The van der Waals surface area contributed by atoms with E-state index in [0.29, 0.717) is 0 Å². The summed E-state index contributed by atoms with van der Waals surface area (Å²) in [5.41, 5.74) is 4.57. The minimum absolute atomic E-state index is 0.0162. The third-order valence-electron chi connectivity index (χ3n) is 6.35. The number of amides is 2. The van der Waals surface area contributed by atoms with Crippen molar-refractivity contribution in [1.82, 2.24) is 10.2 Å². The van der Waals surface area contributed by atoms with Gasteiger partial charge in [0.05, 0.1) is 6.10 Å². The number of carboxylic acid groups (broad SMARTS) is 1. The number of fused-ring (bicyclic) bond motifs is 3. The van der Waals surface area contributed by atoms with E-state index >= 15 is 0 Å². The standard InChI is InChI=1S/C25H28N2O6/c1-15(10-23(29)27-13-16(28)11-22(27)24(30)31)12-26-25(32)33-14-21-19-8-4-2-6-17(19)18-7-3-5-9-20(18)21/h2-9,15-16,21-22,28H,10-14H2,1H3,(H,26,32)(H,30,31)/t15?,16-,22-/m0/s1. The molecular formula is C25H28N2O6. The van der Waals surface area contributed by atoms with Crippen LogP contribution >= 0.6 is 0 Å². The molecule has 0 aromatic heterocycles. The molecule has 2 aromatic rings. The molecule has 2 aliphatic rings. The van der Waals surface area contributed by atoms with Gasteiger partial charge in [-0.2, -0.15) is 0 Å². The number of carboxylic acids is 1. The SMILES string of the molecule is CC(CNC(=O)OCC1c2ccccc2-c2ccccc21)CC(=O)N1C[C@@H](O)C[C@H]1C(=O)O. The van der Waals surface area contributed by atoms with E-state index in [1.54, 1.807) is 6.92 Å². The lowest BCUT2D eigenvalue weighted by Crippen LogP contribution is -2.42. The van der Waals surface area contributed by atoms with Crippen LogP contribution in [0.15, 0.2) is 48.5 Å². The lowest BCUT2D eigenvalue weighted by atomic mass is 9.98. The molecule has 2 amide bonds. The van der Waals surface area contributed by atoms with E-state index < -0.39 is 24.2 Å². The van der Waals surface area contributed by atoms with E-state index in [9.17, 15) is 24.6 Å². The highest BCUT2D eigenvalue weighted by Gasteiger charge is 2.39. The van der Waals surface area contributed by atoms with E-state index in [4.69, 9.17) is 4.74 Å². The summed E-state index contributed by atoms with van der Waals surface area (Å²) >= 11 is 0. The van der Waals surface area contributed by atoms with Crippen LogP contribution in [0.4, 0.5) is 4.79 Å². The van der Waals surface area contributed by atoms with Gasteiger partial charge in [0, 0.05) is 31.8 Å². The lowest BCUT2D eigenvalue weighted by Gasteiger charge is -2.23. The molecular weight excluding hydrogens is 424 g/mol. The number of carbonyl (C=O) groups is 3. The first-order valence-electron chi connectivity index (χ1n) is 11.1. The number of aliphatic hydroxyl groups excluding tert-OH is 1. The number of ether oxygens (including phenoxy) is 1. The molecule has 1 fully saturated rings. The molecule has 1 saturated heterocycles. The molecule has 0 spiro atoms. The highest BCUT2D eigenvalue weighted by atomic mass is 16.5. The van der Waals surface area contributed by atoms with E-state index in [1.807, 2.05) is 24.3 Å². The van der Waals surface area contributed by atoms with Crippen LogP contribution in [-0.4, -0.2) is 64.9 Å². The maximum Gasteiger partial charge on any atom is 0.407 e. The Morgan fingerprint density at radius 2 is 1.70 bits per heavy atom. The van der Waals surface area contributed by atoms with Crippen molar-refractivity contribution in [2.75, 3.05) is 19.7 Å². The van der Waals surface area contributed by atoms with Crippen LogP contribution in [0.2, 0.25) is 0 Å². The summed E-state index contributed by atoms with van der Waals surface area (Å²) in [7, 11) is 0. The number of nitrogens with one attached hydrogen (secondary N) is 1. The van der Waals surface area contributed by atoms with Crippen LogP contribution in [0.1, 0.15) is 36.8 Å². The first kappa shape index (κ1) is 22.8. The number of nitrogens with zero attached hydrogens (tertiary/aromatic N) is 1. The lowest BCUT2D eigenvalue weighted by molar-refractivity contribution is -0.148. The van der Waals surface area contributed by atoms with Crippen molar-refractivity contribution in [3.8, 4) is 11.1 Å². The molecule has 174 valence electrons. The van der Waals surface area contributed by atoms with Crippen molar-refractivity contribution in [2.45, 2.75) is 37.8 Å². The molecule has 0 saturated carbocycles. The highest BCUT2D eigenvalue weighted by molar-refractivity contribution is 5.84. The Hall–Kier alpha value is -3.39. The Morgan fingerprint density at radius 3 is 2.30 bits per heavy atom. The number of benzene rings is 2. The van der Waals surface area contributed by atoms with Crippen molar-refractivity contribution < 1.29 is 29.3 Å². The fourth-order valence-electron chi connectivity index (χ4n) is 4.72. The molecule has 1 aliphatic heterocycles. The van der Waals surface area contributed by atoms with E-state index in [1.165, 1.54) is 4.90 Å². The van der Waals surface area contributed by atoms with Crippen LogP contribution in [0.3, 0.4) is 0 Å². The number of aliphatic hydroxyl groups is 1. The van der Waals surface area contributed by atoms with Gasteiger partial charge in [0.1, 0.15) is 12.6 Å². The smallest absolute Gasteiger partial charge is 0.407 e. The minimum atomic E-state index is -1.12. The summed E-state index contributed by atoms with van der Waals surface area (Å²) in [5.74, 6) is -1.72. The molecule has 8 nitrogen and oxygen atoms in total. The van der Waals surface area contributed by atoms with Gasteiger partial charge in [-0.1, -0.05) is 55.5 Å². The summed E-state index contributed by atoms with van der Waals surface area (Å²) < 4.78 is 5.50. The number of hydrogen-bond donors (Lipinski definition) is 3. The van der Waals surface area contributed by atoms with Gasteiger partial charge in [-0.3, -0.25) is 4.79 Å². The normalized spacial score (nSPS) is 20.1. The van der Waals surface area contributed by atoms with Crippen molar-refractivity contribution in [3.05, 3.63) is 59.7 Å². The first-order valence-corrected chi connectivity index (χ1v) is 11.1. The first-order chi connectivity index (χ1) is 15.8. The molecule has 0 radical (unpaired) electrons. The molecule has 33 heavy (non-hydrogen) atoms. The average Bonchev–Trinajstić information content (AvgIpc) is 3.35. The van der Waals surface area contributed by atoms with Crippen LogP contribution in [0.5, 0.6) is 0 Å². The molecule has 0 bridgehead atoms. The van der Waals surface area contributed by atoms with Crippen LogP contribution in [-0.2, 0) is 14.3 Å². The van der Waals surface area contributed by atoms with E-state index in [-0.39, 0.29) is 50.3 Å². The van der Waals surface area contributed by atoms with Crippen molar-refractivity contribution >= 4 is 18.0 Å². The second kappa shape index (κ2) is 9.62. The zero-order valence-electron chi connectivity index (χ0n) is 18.4. The molecule has 2 aromatic carbocycles. The molecule has 1 heterocycles. The third-order valence-corrected chi connectivity index (χ3v) is 6.35. The van der Waals surface area contributed by atoms with Crippen LogP contribution in [0, 0.1) is 5.92 Å². The van der Waals surface area contributed by atoms with Gasteiger partial charge in [0.2, 0.25) is 5.91 Å². The number of likely N-dealkylation sites (tertiary alicyclic amines) is 1. The van der Waals surface area contributed by atoms with Crippen LogP contribution < -0.4 is 5.32 Å². The summed E-state index contributed by atoms with van der Waals surface area (Å²) in [6, 6.07) is 15.2. The number of carbonyl (C=O) groups excluding carboxylic acids is 2. The third kappa shape index (κ3) is 4.85. The quantitative estimate of drug-likeness (QED) is 0.595. The predicted octanol–water partition coefficient (Wildman–Crippen LogP) is 2.60. The summed E-state index contributed by atoms with van der Waals surface area (Å²) in [5, 5.41) is 21.7. The predicted molar refractivity (Wildman–Crippen MR) is 121 cm³/mol. The second-order valence-electron chi connectivity index (χ2n) is 8.81. The van der Waals surface area contributed by atoms with Gasteiger partial charge in [-0.05, 0) is 28.2 Å². The average molecular weight is 453 g/mol. The summed E-state index contributed by atoms with van der Waals surface area (Å²) in [6.45, 7) is 2.24. The summed E-state index contributed by atoms with van der Waals surface area (Å²) in [6.07, 6.45) is -1.28. The number of hydrogen-bond acceptors (Lipinski definition) is 5. The van der Waals surface area contributed by atoms with Gasteiger partial charge in [0.25, 0.3) is 0 Å². The zero-order chi connectivity index (χ0) is 23.5. The van der Waals surface area contributed by atoms with Crippen molar-refractivity contribution in [1.29, 1.82) is 0 Å². The Labute approximate surface area is 192 Å². The van der Waals surface area contributed by atoms with Gasteiger partial charge >= 0.3 is 12.1 Å². The second-order valence-corrected chi connectivity index (χ2v) is 8.81. The fourth-order valence-corrected chi connectivity index (χ4v) is 4.72. The molecule has 4 rings (SSSR count). The molecule has 8 heteroatoms. The molecule has 3 atom stereocenters. The maximum atomic E-state index is 12.5. The van der Waals surface area contributed by atoms with Gasteiger partial charge in [-0.15, -0.1) is 0 Å². The highest BCUT2D eigenvalue weighted by Crippen LogP contribution is 2.44. The molecule has 1 aliphatic carbocycles. The number of β-amino-alcohol motifs (C(OH)–C–C–N with tert-alkyl or cyclic N) is 1. The number of aliphatic carboxylic acids is 1. The molecule has 3 N–H and O–H groups in total. The Morgan fingerprint density at radius 1 is 1.09 bits per heavy atom. The fraction of sp³-hybridized carbons (Fsp3) is 0.400. The maximum absolute atomic E-state index is 12.5. The van der Waals surface area contributed by atoms with Crippen LogP contribution in [0.25, 0.3) is 11.1 Å². The van der Waals surface area contributed by atoms with Crippen molar-refractivity contribution in [2.24, 2.45) is 5.92 Å². The Kier molecular flexibility index (Phi) is 6.65.